The minimum absolute atomic E-state index is 0.545. The molecule has 0 radical (unpaired) electrons. The Morgan fingerprint density at radius 1 is 1.55 bits per heavy atom. The van der Waals surface area contributed by atoms with Crippen LogP contribution in [-0.2, 0) is 12.6 Å². The smallest absolute Gasteiger partial charge is 0.00363 e. The second kappa shape index (κ2) is 8.29. The summed E-state index contributed by atoms with van der Waals surface area (Å²) >= 11 is 7.13. The number of thiocyanates is 1. The molecule has 0 aromatic heterocycles. The number of nitrogens with zero attached hydrogens (tertiary/aromatic N) is 1. The Labute approximate surface area is 83.7 Å². The minimum Gasteiger partial charge on any atom is -0.696 e. The topological polar surface area (TPSA) is 23.8 Å². The van der Waals surface area contributed by atoms with Crippen LogP contribution in [0.1, 0.15) is 33.6 Å². The molecule has 0 aromatic rings. The predicted molar refractivity (Wildman–Crippen MR) is 55.5 cm³/mol. The van der Waals surface area contributed by atoms with Gasteiger partial charge in [-0.3, -0.25) is 0 Å². The van der Waals surface area contributed by atoms with Gasteiger partial charge in [-0.25, -0.2) is 5.26 Å². The van der Waals surface area contributed by atoms with Crippen molar-refractivity contribution in [2.45, 2.75) is 33.6 Å². The van der Waals surface area contributed by atoms with E-state index in [-0.39, 0.29) is 0 Å². The summed E-state index contributed by atoms with van der Waals surface area (Å²) < 4.78 is 0. The quantitative estimate of drug-likeness (QED) is 0.427. The van der Waals surface area contributed by atoms with E-state index in [1.807, 2.05) is 0 Å². The molecule has 66 valence electrons. The van der Waals surface area contributed by atoms with Crippen molar-refractivity contribution in [1.82, 2.24) is 0 Å². The summed E-state index contributed by atoms with van der Waals surface area (Å²) in [5.41, 5.74) is 0.545. The molecular weight excluding hydrogens is 222 g/mol. The average molecular weight is 237 g/mol. The third-order valence-electron chi connectivity index (χ3n) is 1.73. The lowest BCUT2D eigenvalue weighted by Gasteiger charge is -2.20. The van der Waals surface area contributed by atoms with E-state index < -0.39 is 0 Å². The Morgan fingerprint density at radius 2 is 1.91 bits per heavy atom. The maximum Gasteiger partial charge on any atom is 0.00363 e. The Bertz CT molecular complexity index is 118. The van der Waals surface area contributed by atoms with E-state index in [9.17, 15) is 0 Å². The van der Waals surface area contributed by atoms with Crippen molar-refractivity contribution in [1.29, 1.82) is 5.26 Å². The lowest BCUT2D eigenvalue weighted by atomic mass is 9.88. The molecule has 0 spiro atoms. The molecule has 0 N–H and O–H groups in total. The number of nitriles is 1. The minimum atomic E-state index is 0.545. The molecule has 0 fully saturated rings. The highest BCUT2D eigenvalue weighted by Crippen LogP contribution is 2.24. The van der Waals surface area contributed by atoms with Crippen molar-refractivity contribution >= 4 is 28.6 Å². The Morgan fingerprint density at radius 3 is 2.00 bits per heavy atom. The van der Waals surface area contributed by atoms with E-state index in [0.717, 1.165) is 5.33 Å². The van der Waals surface area contributed by atoms with E-state index in [2.05, 4.69) is 49.3 Å². The van der Waals surface area contributed by atoms with E-state index in [4.69, 9.17) is 5.26 Å². The fourth-order valence-electron chi connectivity index (χ4n) is 0.433. The van der Waals surface area contributed by atoms with Gasteiger partial charge in [-0.1, -0.05) is 48.5 Å². The van der Waals surface area contributed by atoms with Gasteiger partial charge in [0.15, 0.2) is 0 Å². The van der Waals surface area contributed by atoms with Gasteiger partial charge in [0.25, 0.3) is 0 Å². The van der Waals surface area contributed by atoms with Crippen molar-refractivity contribution in [3.63, 3.8) is 0 Å². The van der Waals surface area contributed by atoms with E-state index in [1.165, 1.54) is 18.2 Å². The van der Waals surface area contributed by atoms with Gasteiger partial charge in [0.1, 0.15) is 0 Å². The molecule has 0 bridgehead atoms. The molecular formula is C8H15BrNS-. The van der Waals surface area contributed by atoms with Gasteiger partial charge in [-0.2, -0.15) is 0 Å². The number of hydrogen-bond acceptors (Lipinski definition) is 2. The van der Waals surface area contributed by atoms with Gasteiger partial charge in [0, 0.05) is 5.33 Å². The summed E-state index contributed by atoms with van der Waals surface area (Å²) in [5.74, 6) is 0. The fourth-order valence-corrected chi connectivity index (χ4v) is 1.51. The molecule has 3 heteroatoms. The maximum absolute atomic E-state index is 7.13. The Kier molecular flexibility index (Phi) is 10.4. The van der Waals surface area contributed by atoms with Crippen LogP contribution in [0.4, 0.5) is 0 Å². The molecule has 11 heavy (non-hydrogen) atoms. The van der Waals surface area contributed by atoms with E-state index >= 15 is 0 Å². The molecule has 0 aliphatic heterocycles. The first-order chi connectivity index (χ1) is 5.04. The van der Waals surface area contributed by atoms with Crippen LogP contribution in [0, 0.1) is 16.1 Å². The van der Waals surface area contributed by atoms with Gasteiger partial charge in [-0.15, -0.1) is 0 Å². The number of alkyl halides is 1. The van der Waals surface area contributed by atoms with Gasteiger partial charge in [-0.05, 0) is 11.8 Å². The molecule has 0 aliphatic carbocycles. The van der Waals surface area contributed by atoms with Gasteiger partial charge in [0.05, 0.1) is 0 Å². The van der Waals surface area contributed by atoms with Crippen molar-refractivity contribution in [3.05, 3.63) is 0 Å². The van der Waals surface area contributed by atoms with Gasteiger partial charge < -0.3 is 12.6 Å². The summed E-state index contributed by atoms with van der Waals surface area (Å²) in [4.78, 5) is 0. The lowest BCUT2D eigenvalue weighted by Crippen LogP contribution is -2.09. The van der Waals surface area contributed by atoms with E-state index in [1.54, 1.807) is 0 Å². The van der Waals surface area contributed by atoms with E-state index in [0.29, 0.717) is 5.41 Å². The molecule has 0 rings (SSSR count). The standard InChI is InChI=1S/C7H15Br.CHNS/c1-4-7(2,3)5-6-8;2-1-3/h4-6H2,1-3H3;3H/p-1. The van der Waals surface area contributed by atoms with Crippen LogP contribution in [0.5, 0.6) is 0 Å². The van der Waals surface area contributed by atoms with Crippen LogP contribution in [0.25, 0.3) is 0 Å². The monoisotopic (exact) mass is 236 g/mol. The van der Waals surface area contributed by atoms with Gasteiger partial charge >= 0.3 is 0 Å². The van der Waals surface area contributed by atoms with Crippen molar-refractivity contribution in [2.24, 2.45) is 5.41 Å². The van der Waals surface area contributed by atoms with Crippen molar-refractivity contribution < 1.29 is 0 Å². The van der Waals surface area contributed by atoms with Crippen LogP contribution in [0.2, 0.25) is 0 Å². The van der Waals surface area contributed by atoms with Crippen LogP contribution in [0.15, 0.2) is 0 Å². The zero-order chi connectivity index (χ0) is 9.33. The first-order valence-electron chi connectivity index (χ1n) is 3.61. The number of hydrogen-bond donors (Lipinski definition) is 0. The Hall–Kier alpha value is 0.190. The summed E-state index contributed by atoms with van der Waals surface area (Å²) in [5, 5.41) is 9.60. The summed E-state index contributed by atoms with van der Waals surface area (Å²) in [6.07, 6.45) is 2.56. The van der Waals surface area contributed by atoms with Crippen molar-refractivity contribution in [2.75, 3.05) is 5.33 Å². The summed E-state index contributed by atoms with van der Waals surface area (Å²) in [6, 6.07) is 0. The molecule has 0 saturated carbocycles. The predicted octanol–water partition coefficient (Wildman–Crippen LogP) is 3.22. The molecule has 0 amide bonds. The molecule has 0 atom stereocenters. The van der Waals surface area contributed by atoms with Crippen molar-refractivity contribution in [3.8, 4) is 5.40 Å². The van der Waals surface area contributed by atoms with Crippen LogP contribution in [0.3, 0.4) is 0 Å². The zero-order valence-electron chi connectivity index (χ0n) is 7.35. The molecule has 0 aliphatic rings. The second-order valence-electron chi connectivity index (χ2n) is 3.05. The fraction of sp³-hybridized carbons (Fsp3) is 0.875. The second-order valence-corrected chi connectivity index (χ2v) is 4.02. The molecule has 0 heterocycles. The summed E-state index contributed by atoms with van der Waals surface area (Å²) in [6.45, 7) is 6.84. The molecule has 0 aromatic carbocycles. The average Bonchev–Trinajstić information content (AvgIpc) is 1.90. The highest BCUT2D eigenvalue weighted by Gasteiger charge is 2.12. The highest BCUT2D eigenvalue weighted by molar-refractivity contribution is 9.09. The first kappa shape index (κ1) is 13.8. The normalized spacial score (nSPS) is 9.36. The third kappa shape index (κ3) is 13.2. The first-order valence-corrected chi connectivity index (χ1v) is 5.14. The van der Waals surface area contributed by atoms with Gasteiger partial charge in [0.2, 0.25) is 0 Å². The molecule has 1 nitrogen and oxygen atoms in total. The number of halogens is 1. The Balaban J connectivity index is 0. The highest BCUT2D eigenvalue weighted by atomic mass is 79.9. The largest absolute Gasteiger partial charge is 0.696 e. The molecule has 0 unspecified atom stereocenters. The zero-order valence-corrected chi connectivity index (χ0v) is 9.76. The number of rotatable bonds is 3. The molecule has 0 saturated heterocycles. The SMILES string of the molecule is CCC(C)(C)CCBr.N#C[S-]. The third-order valence-corrected chi connectivity index (χ3v) is 2.12. The summed E-state index contributed by atoms with van der Waals surface area (Å²) in [7, 11) is 0. The van der Waals surface area contributed by atoms with Crippen LogP contribution >= 0.6 is 15.9 Å². The van der Waals surface area contributed by atoms with Crippen LogP contribution < -0.4 is 0 Å². The maximum atomic E-state index is 7.13. The lowest BCUT2D eigenvalue weighted by molar-refractivity contribution is 0.342. The van der Waals surface area contributed by atoms with Crippen LogP contribution in [-0.4, -0.2) is 5.33 Å².